The standard InChI is InChI=1S/C22H44N4O4/c1-7-22(28,8-2)17-25-19(23-9-3)26-14-11-18(12-15-26)29-16-10-13-24-20(27)30-21(4,5)6/h18,28H,7-17H2,1-6H3,(H,23,25)(H,24,27). The molecule has 0 radical (unpaired) electrons. The lowest BCUT2D eigenvalue weighted by Crippen LogP contribution is -2.47. The number of rotatable bonds is 10. The molecule has 0 spiro atoms. The first-order valence-corrected chi connectivity index (χ1v) is 11.5. The lowest BCUT2D eigenvalue weighted by atomic mass is 9.98. The molecule has 0 aromatic rings. The third kappa shape index (κ3) is 10.5. The second-order valence-electron chi connectivity index (χ2n) is 8.94. The highest BCUT2D eigenvalue weighted by molar-refractivity contribution is 5.80. The molecular weight excluding hydrogens is 384 g/mol. The number of alkyl carbamates (subject to hydrolysis) is 1. The molecule has 1 aliphatic rings. The molecule has 0 atom stereocenters. The topological polar surface area (TPSA) is 95.4 Å². The number of carbonyl (C=O) groups excluding carboxylic acids is 1. The van der Waals surface area contributed by atoms with Gasteiger partial charge >= 0.3 is 6.09 Å². The molecule has 1 rings (SSSR count). The van der Waals surface area contributed by atoms with Gasteiger partial charge in [-0.05, 0) is 59.8 Å². The van der Waals surface area contributed by atoms with Crippen molar-refractivity contribution in [1.82, 2.24) is 15.5 Å². The molecule has 1 fully saturated rings. The third-order valence-corrected chi connectivity index (χ3v) is 5.26. The fourth-order valence-corrected chi connectivity index (χ4v) is 3.18. The molecule has 0 bridgehead atoms. The zero-order valence-corrected chi connectivity index (χ0v) is 19.9. The maximum absolute atomic E-state index is 11.6. The Morgan fingerprint density at radius 3 is 2.30 bits per heavy atom. The third-order valence-electron chi connectivity index (χ3n) is 5.26. The predicted molar refractivity (Wildman–Crippen MR) is 121 cm³/mol. The first-order chi connectivity index (χ1) is 14.1. The molecule has 3 N–H and O–H groups in total. The molecule has 1 amide bonds. The maximum atomic E-state index is 11.6. The largest absolute Gasteiger partial charge is 0.444 e. The molecule has 8 heteroatoms. The summed E-state index contributed by atoms with van der Waals surface area (Å²) < 4.78 is 11.2. The van der Waals surface area contributed by atoms with Gasteiger partial charge in [-0.2, -0.15) is 0 Å². The summed E-state index contributed by atoms with van der Waals surface area (Å²) in [6.07, 6.45) is 3.88. The first kappa shape index (κ1) is 26.5. The minimum atomic E-state index is -0.727. The van der Waals surface area contributed by atoms with Crippen molar-refractivity contribution in [2.24, 2.45) is 4.99 Å². The van der Waals surface area contributed by atoms with E-state index in [-0.39, 0.29) is 12.2 Å². The maximum Gasteiger partial charge on any atom is 0.407 e. The smallest absolute Gasteiger partial charge is 0.407 e. The lowest BCUT2D eigenvalue weighted by molar-refractivity contribution is 0.0165. The number of hydrogen-bond donors (Lipinski definition) is 3. The van der Waals surface area contributed by atoms with Crippen molar-refractivity contribution >= 4 is 12.1 Å². The SMILES string of the molecule is CCNC(=NCC(O)(CC)CC)N1CCC(OCCCNC(=O)OC(C)(C)C)CC1. The van der Waals surface area contributed by atoms with Gasteiger partial charge in [-0.1, -0.05) is 13.8 Å². The van der Waals surface area contributed by atoms with Crippen molar-refractivity contribution in [3.05, 3.63) is 0 Å². The number of carbonyl (C=O) groups is 1. The van der Waals surface area contributed by atoms with Crippen LogP contribution in [0.25, 0.3) is 0 Å². The highest BCUT2D eigenvalue weighted by Gasteiger charge is 2.25. The fraction of sp³-hybridized carbons (Fsp3) is 0.909. The lowest BCUT2D eigenvalue weighted by Gasteiger charge is -2.35. The van der Waals surface area contributed by atoms with Gasteiger partial charge in [0, 0.05) is 32.8 Å². The molecule has 30 heavy (non-hydrogen) atoms. The fourth-order valence-electron chi connectivity index (χ4n) is 3.18. The normalized spacial score (nSPS) is 16.5. The van der Waals surface area contributed by atoms with Crippen LogP contribution in [0.1, 0.15) is 73.6 Å². The minimum Gasteiger partial charge on any atom is -0.444 e. The van der Waals surface area contributed by atoms with Gasteiger partial charge in [0.1, 0.15) is 5.60 Å². The van der Waals surface area contributed by atoms with E-state index in [9.17, 15) is 9.90 Å². The van der Waals surface area contributed by atoms with Crippen LogP contribution in [0.5, 0.6) is 0 Å². The summed E-state index contributed by atoms with van der Waals surface area (Å²) in [7, 11) is 0. The number of hydrogen-bond acceptors (Lipinski definition) is 5. The quantitative estimate of drug-likeness (QED) is 0.281. The molecular formula is C22H44N4O4. The van der Waals surface area contributed by atoms with Crippen LogP contribution < -0.4 is 10.6 Å². The summed E-state index contributed by atoms with van der Waals surface area (Å²) >= 11 is 0. The van der Waals surface area contributed by atoms with E-state index in [1.165, 1.54) is 0 Å². The van der Waals surface area contributed by atoms with Crippen molar-refractivity contribution in [2.45, 2.75) is 91.0 Å². The Bertz CT molecular complexity index is 522. The van der Waals surface area contributed by atoms with Gasteiger partial charge in [-0.15, -0.1) is 0 Å². The van der Waals surface area contributed by atoms with E-state index in [1.54, 1.807) is 0 Å². The number of aliphatic imine (C=N–C) groups is 1. The number of nitrogens with zero attached hydrogens (tertiary/aromatic N) is 2. The zero-order valence-electron chi connectivity index (χ0n) is 19.9. The van der Waals surface area contributed by atoms with Crippen molar-refractivity contribution in [3.8, 4) is 0 Å². The Morgan fingerprint density at radius 2 is 1.77 bits per heavy atom. The van der Waals surface area contributed by atoms with Gasteiger partial charge in [0.05, 0.1) is 18.2 Å². The van der Waals surface area contributed by atoms with E-state index in [0.29, 0.717) is 32.5 Å². The van der Waals surface area contributed by atoms with Gasteiger partial charge in [-0.25, -0.2) is 4.79 Å². The zero-order chi connectivity index (χ0) is 22.6. The average molecular weight is 429 g/mol. The van der Waals surface area contributed by atoms with Gasteiger partial charge < -0.3 is 30.1 Å². The Labute approximate surface area is 182 Å². The Morgan fingerprint density at radius 1 is 1.13 bits per heavy atom. The van der Waals surface area contributed by atoms with E-state index in [1.807, 2.05) is 34.6 Å². The highest BCUT2D eigenvalue weighted by atomic mass is 16.6. The number of ether oxygens (including phenoxy) is 2. The van der Waals surface area contributed by atoms with Crippen LogP contribution in [-0.4, -0.2) is 78.7 Å². The van der Waals surface area contributed by atoms with Gasteiger partial charge in [0.2, 0.25) is 0 Å². The Balaban J connectivity index is 2.33. The van der Waals surface area contributed by atoms with Crippen molar-refractivity contribution < 1.29 is 19.4 Å². The number of nitrogens with one attached hydrogen (secondary N) is 2. The molecule has 0 unspecified atom stereocenters. The highest BCUT2D eigenvalue weighted by Crippen LogP contribution is 2.17. The molecule has 1 saturated heterocycles. The summed E-state index contributed by atoms with van der Waals surface area (Å²) in [5.74, 6) is 0.873. The number of likely N-dealkylation sites (tertiary alicyclic amines) is 1. The number of aliphatic hydroxyl groups is 1. The Hall–Kier alpha value is -1.54. The molecule has 0 aromatic heterocycles. The molecule has 0 aromatic carbocycles. The molecule has 0 aliphatic carbocycles. The summed E-state index contributed by atoms with van der Waals surface area (Å²) in [4.78, 5) is 18.6. The van der Waals surface area contributed by atoms with E-state index < -0.39 is 11.2 Å². The van der Waals surface area contributed by atoms with Crippen molar-refractivity contribution in [3.63, 3.8) is 0 Å². The minimum absolute atomic E-state index is 0.230. The second kappa shape index (κ2) is 13.0. The van der Waals surface area contributed by atoms with Crippen LogP contribution in [0.4, 0.5) is 4.79 Å². The molecule has 0 saturated carbocycles. The van der Waals surface area contributed by atoms with Crippen LogP contribution in [0.15, 0.2) is 4.99 Å². The molecule has 1 aliphatic heterocycles. The van der Waals surface area contributed by atoms with Crippen molar-refractivity contribution in [2.75, 3.05) is 39.3 Å². The second-order valence-corrected chi connectivity index (χ2v) is 8.94. The van der Waals surface area contributed by atoms with E-state index in [4.69, 9.17) is 14.5 Å². The summed E-state index contributed by atoms with van der Waals surface area (Å²) in [5, 5.41) is 16.6. The van der Waals surface area contributed by atoms with Crippen LogP contribution in [0.3, 0.4) is 0 Å². The monoisotopic (exact) mass is 428 g/mol. The average Bonchev–Trinajstić information content (AvgIpc) is 2.70. The summed E-state index contributed by atoms with van der Waals surface area (Å²) in [5.41, 5.74) is -1.20. The number of piperidine rings is 1. The molecule has 8 nitrogen and oxygen atoms in total. The van der Waals surface area contributed by atoms with Crippen LogP contribution in [0.2, 0.25) is 0 Å². The van der Waals surface area contributed by atoms with E-state index in [0.717, 1.165) is 44.9 Å². The molecule has 176 valence electrons. The first-order valence-electron chi connectivity index (χ1n) is 11.5. The van der Waals surface area contributed by atoms with Gasteiger partial charge in [-0.3, -0.25) is 4.99 Å². The molecule has 1 heterocycles. The predicted octanol–water partition coefficient (Wildman–Crippen LogP) is 2.90. The van der Waals surface area contributed by atoms with Crippen LogP contribution >= 0.6 is 0 Å². The van der Waals surface area contributed by atoms with Crippen LogP contribution in [0, 0.1) is 0 Å². The van der Waals surface area contributed by atoms with Gasteiger partial charge in [0.25, 0.3) is 0 Å². The summed E-state index contributed by atoms with van der Waals surface area (Å²) in [6, 6.07) is 0. The Kier molecular flexibility index (Phi) is 11.5. The van der Waals surface area contributed by atoms with Gasteiger partial charge in [0.15, 0.2) is 5.96 Å². The summed E-state index contributed by atoms with van der Waals surface area (Å²) in [6.45, 7) is 15.7. The number of amides is 1. The van der Waals surface area contributed by atoms with Crippen LogP contribution in [-0.2, 0) is 9.47 Å². The van der Waals surface area contributed by atoms with E-state index >= 15 is 0 Å². The van der Waals surface area contributed by atoms with E-state index in [2.05, 4.69) is 22.5 Å². The number of guanidine groups is 1. The van der Waals surface area contributed by atoms with Crippen molar-refractivity contribution in [1.29, 1.82) is 0 Å².